The number of nitro groups is 1. The number of carbonyl (C=O) groups excluding carboxylic acids is 1. The molecule has 0 radical (unpaired) electrons. The second-order valence-electron chi connectivity index (χ2n) is 7.00. The minimum absolute atomic E-state index is 0.119. The molecule has 1 aromatic carbocycles. The third kappa shape index (κ3) is 3.12. The van der Waals surface area contributed by atoms with Gasteiger partial charge in [-0.3, -0.25) is 14.9 Å². The van der Waals surface area contributed by atoms with Gasteiger partial charge in [-0.2, -0.15) is 0 Å². The van der Waals surface area contributed by atoms with E-state index in [1.54, 1.807) is 13.8 Å². The van der Waals surface area contributed by atoms with Crippen LogP contribution in [0.1, 0.15) is 38.8 Å². The molecule has 0 spiro atoms. The van der Waals surface area contributed by atoms with Gasteiger partial charge in [0.2, 0.25) is 0 Å². The van der Waals surface area contributed by atoms with Crippen molar-refractivity contribution in [1.82, 2.24) is 4.90 Å². The van der Waals surface area contributed by atoms with E-state index in [2.05, 4.69) is 0 Å². The molecule has 0 unspecified atom stereocenters. The first kappa shape index (κ1) is 18.2. The van der Waals surface area contributed by atoms with E-state index in [-0.39, 0.29) is 18.1 Å². The number of aliphatic hydroxyl groups excluding tert-OH is 1. The van der Waals surface area contributed by atoms with E-state index in [1.165, 1.54) is 29.2 Å². The quantitative estimate of drug-likeness (QED) is 0.637. The molecule has 2 heterocycles. The molecule has 2 aliphatic heterocycles. The van der Waals surface area contributed by atoms with Crippen molar-refractivity contribution in [1.29, 1.82) is 0 Å². The summed E-state index contributed by atoms with van der Waals surface area (Å²) < 4.78 is 11.4. The largest absolute Gasteiger partial charge is 0.496 e. The number of rotatable bonds is 5. The van der Waals surface area contributed by atoms with Crippen molar-refractivity contribution in [3.8, 4) is 5.75 Å². The highest BCUT2D eigenvalue weighted by molar-refractivity contribution is 5.91. The van der Waals surface area contributed by atoms with Crippen LogP contribution in [-0.2, 0) is 9.53 Å². The van der Waals surface area contributed by atoms with Crippen LogP contribution in [0.25, 0.3) is 0 Å². The summed E-state index contributed by atoms with van der Waals surface area (Å²) in [5, 5.41) is 22.0. The zero-order valence-electron chi connectivity index (χ0n) is 15.0. The molecule has 1 amide bonds. The number of aliphatic hydroxyl groups is 1. The lowest BCUT2D eigenvalue weighted by Crippen LogP contribution is -2.54. The van der Waals surface area contributed by atoms with Crippen LogP contribution in [0.3, 0.4) is 0 Å². The molecule has 0 aliphatic carbocycles. The Labute approximate surface area is 151 Å². The maximum absolute atomic E-state index is 12.5. The number of non-ortho nitro benzene ring substituents is 1. The lowest BCUT2D eigenvalue weighted by Gasteiger charge is -2.45. The number of hydrogen-bond donors (Lipinski definition) is 1. The third-order valence-corrected chi connectivity index (χ3v) is 4.63. The van der Waals surface area contributed by atoms with Crippen LogP contribution in [0.2, 0.25) is 0 Å². The van der Waals surface area contributed by atoms with Crippen LogP contribution in [0.5, 0.6) is 5.75 Å². The smallest absolute Gasteiger partial charge is 0.270 e. The number of benzene rings is 1. The van der Waals surface area contributed by atoms with Gasteiger partial charge in [0.15, 0.2) is 0 Å². The van der Waals surface area contributed by atoms with E-state index in [4.69, 9.17) is 9.47 Å². The summed E-state index contributed by atoms with van der Waals surface area (Å²) in [5.74, 6) is 0.655. The summed E-state index contributed by atoms with van der Waals surface area (Å²) in [6.45, 7) is 6.11. The maximum atomic E-state index is 12.5. The van der Waals surface area contributed by atoms with Crippen molar-refractivity contribution in [2.45, 2.75) is 44.9 Å². The van der Waals surface area contributed by atoms with Crippen molar-refractivity contribution in [2.24, 2.45) is 0 Å². The second-order valence-corrected chi connectivity index (χ2v) is 7.00. The van der Waals surface area contributed by atoms with E-state index in [1.807, 2.05) is 6.92 Å². The molecule has 140 valence electrons. The fraction of sp³-hybridized carbons (Fsp3) is 0.500. The predicted molar refractivity (Wildman–Crippen MR) is 92.6 cm³/mol. The van der Waals surface area contributed by atoms with Gasteiger partial charge in [0.1, 0.15) is 23.2 Å². The molecule has 0 saturated carbocycles. The van der Waals surface area contributed by atoms with Crippen LogP contribution in [0.4, 0.5) is 5.69 Å². The Balaban J connectivity index is 1.99. The van der Waals surface area contributed by atoms with Gasteiger partial charge in [-0.25, -0.2) is 0 Å². The van der Waals surface area contributed by atoms with Gasteiger partial charge >= 0.3 is 0 Å². The summed E-state index contributed by atoms with van der Waals surface area (Å²) in [4.78, 5) is 24.6. The summed E-state index contributed by atoms with van der Waals surface area (Å²) in [6.07, 6.45) is 1.16. The summed E-state index contributed by atoms with van der Waals surface area (Å²) in [6, 6.07) is 3.46. The number of ether oxygens (including phenoxy) is 2. The standard InChI is InChI=1S/C18H22N2O6/c1-4-7-25-12-9-15(21)19(10-12)16-13-8-11(20(23)24)5-6-14(13)26-18(2,3)17(16)22/h5-6,8-9,16-17,22H,4,7,10H2,1-3H3/t16-,17+/m0/s1. The Hall–Kier alpha value is -2.61. The molecule has 8 heteroatoms. The van der Waals surface area contributed by atoms with Gasteiger partial charge in [-0.15, -0.1) is 0 Å². The fourth-order valence-corrected chi connectivity index (χ4v) is 3.27. The van der Waals surface area contributed by atoms with Gasteiger partial charge in [-0.1, -0.05) is 6.92 Å². The summed E-state index contributed by atoms with van der Waals surface area (Å²) in [7, 11) is 0. The van der Waals surface area contributed by atoms with Gasteiger partial charge in [-0.05, 0) is 26.3 Å². The number of fused-ring (bicyclic) bond motifs is 1. The van der Waals surface area contributed by atoms with Gasteiger partial charge in [0, 0.05) is 23.8 Å². The van der Waals surface area contributed by atoms with Crippen LogP contribution in [-0.4, -0.2) is 45.7 Å². The first-order valence-electron chi connectivity index (χ1n) is 8.54. The van der Waals surface area contributed by atoms with Crippen molar-refractivity contribution in [2.75, 3.05) is 13.2 Å². The molecule has 2 aliphatic rings. The second kappa shape index (κ2) is 6.60. The number of hydrogen-bond acceptors (Lipinski definition) is 6. The van der Waals surface area contributed by atoms with Crippen molar-refractivity contribution in [3.63, 3.8) is 0 Å². The van der Waals surface area contributed by atoms with E-state index in [9.17, 15) is 20.0 Å². The molecule has 1 N–H and O–H groups in total. The van der Waals surface area contributed by atoms with Crippen molar-refractivity contribution in [3.05, 3.63) is 45.7 Å². The van der Waals surface area contributed by atoms with Crippen LogP contribution >= 0.6 is 0 Å². The minimum atomic E-state index is -1.06. The van der Waals surface area contributed by atoms with Crippen molar-refractivity contribution >= 4 is 11.6 Å². The molecular weight excluding hydrogens is 340 g/mol. The Kier molecular flexibility index (Phi) is 4.62. The lowest BCUT2D eigenvalue weighted by molar-refractivity contribution is -0.385. The minimum Gasteiger partial charge on any atom is -0.496 e. The molecule has 0 bridgehead atoms. The Morgan fingerprint density at radius 1 is 1.46 bits per heavy atom. The van der Waals surface area contributed by atoms with Crippen molar-refractivity contribution < 1.29 is 24.3 Å². The molecule has 0 aromatic heterocycles. The van der Waals surface area contributed by atoms with Crippen LogP contribution in [0.15, 0.2) is 30.0 Å². The summed E-state index contributed by atoms with van der Waals surface area (Å²) >= 11 is 0. The first-order chi connectivity index (χ1) is 12.2. The molecule has 3 rings (SSSR count). The molecule has 0 fully saturated rings. The topological polar surface area (TPSA) is 102 Å². The average molecular weight is 362 g/mol. The van der Waals surface area contributed by atoms with Gasteiger partial charge in [0.25, 0.3) is 11.6 Å². The lowest BCUT2D eigenvalue weighted by atomic mass is 9.85. The highest BCUT2D eigenvalue weighted by Gasteiger charge is 2.48. The van der Waals surface area contributed by atoms with Gasteiger partial charge in [0.05, 0.1) is 24.1 Å². The molecule has 2 atom stereocenters. The fourth-order valence-electron chi connectivity index (χ4n) is 3.27. The number of amides is 1. The SMILES string of the molecule is CCCOC1=CC(=O)N([C@H]2c3cc([N+](=O)[O-])ccc3OC(C)(C)[C@@H]2O)C1. The highest BCUT2D eigenvalue weighted by Crippen LogP contribution is 2.45. The Bertz CT molecular complexity index is 773. The number of nitrogens with zero attached hydrogens (tertiary/aromatic N) is 2. The maximum Gasteiger partial charge on any atom is 0.270 e. The highest BCUT2D eigenvalue weighted by atomic mass is 16.6. The zero-order chi connectivity index (χ0) is 19.1. The monoisotopic (exact) mass is 362 g/mol. The number of nitro benzene ring substituents is 1. The van der Waals surface area contributed by atoms with Crippen LogP contribution in [0, 0.1) is 10.1 Å². The molecule has 26 heavy (non-hydrogen) atoms. The van der Waals surface area contributed by atoms with E-state index in [0.29, 0.717) is 23.7 Å². The molecular formula is C18H22N2O6. The van der Waals surface area contributed by atoms with E-state index >= 15 is 0 Å². The number of carbonyl (C=O) groups is 1. The zero-order valence-corrected chi connectivity index (χ0v) is 15.0. The van der Waals surface area contributed by atoms with Crippen LogP contribution < -0.4 is 4.74 Å². The third-order valence-electron chi connectivity index (χ3n) is 4.63. The molecule has 1 aromatic rings. The van der Waals surface area contributed by atoms with E-state index < -0.39 is 22.7 Å². The first-order valence-corrected chi connectivity index (χ1v) is 8.54. The van der Waals surface area contributed by atoms with Gasteiger partial charge < -0.3 is 19.5 Å². The Morgan fingerprint density at radius 3 is 2.85 bits per heavy atom. The van der Waals surface area contributed by atoms with E-state index in [0.717, 1.165) is 6.42 Å². The molecule has 8 nitrogen and oxygen atoms in total. The average Bonchev–Trinajstić information content (AvgIpc) is 2.94. The normalized spacial score (nSPS) is 23.9. The summed E-state index contributed by atoms with van der Waals surface area (Å²) in [5.41, 5.74) is -0.656. The predicted octanol–water partition coefficient (Wildman–Crippen LogP) is 2.32. The molecule has 0 saturated heterocycles. The Morgan fingerprint density at radius 2 is 2.19 bits per heavy atom.